The van der Waals surface area contributed by atoms with E-state index in [2.05, 4.69) is 20.4 Å². The SMILES string of the molecule is CC(C(=O)OC(C)(C)C)N1Cc2cc(-c3nc(Nc4ccnn4C)ncc3Cl)cn2C1=O. The maximum atomic E-state index is 12.9. The molecule has 0 saturated heterocycles. The van der Waals surface area contributed by atoms with Gasteiger partial charge in [0, 0.05) is 30.6 Å². The third-order valence-corrected chi connectivity index (χ3v) is 5.25. The number of ether oxygens (including phenoxy) is 1. The summed E-state index contributed by atoms with van der Waals surface area (Å²) < 4.78 is 8.58. The zero-order chi connectivity index (χ0) is 23.2. The molecular weight excluding hydrogens is 434 g/mol. The number of hydrogen-bond acceptors (Lipinski definition) is 7. The molecule has 168 valence electrons. The number of aromatic nitrogens is 5. The van der Waals surface area contributed by atoms with Gasteiger partial charge in [0.2, 0.25) is 5.95 Å². The number of esters is 1. The second-order valence-corrected chi connectivity index (χ2v) is 8.97. The van der Waals surface area contributed by atoms with Crippen LogP contribution in [0, 0.1) is 0 Å². The third-order valence-electron chi connectivity index (χ3n) is 4.98. The average molecular weight is 458 g/mol. The van der Waals surface area contributed by atoms with Crippen LogP contribution in [-0.2, 0) is 23.1 Å². The van der Waals surface area contributed by atoms with Crippen LogP contribution in [0.25, 0.3) is 11.3 Å². The van der Waals surface area contributed by atoms with Crippen molar-refractivity contribution in [2.24, 2.45) is 7.05 Å². The first-order valence-corrected chi connectivity index (χ1v) is 10.4. The lowest BCUT2D eigenvalue weighted by molar-refractivity contribution is -0.159. The van der Waals surface area contributed by atoms with Crippen molar-refractivity contribution in [1.82, 2.24) is 29.2 Å². The number of carbonyl (C=O) groups is 2. The molecule has 10 nitrogen and oxygen atoms in total. The molecule has 0 saturated carbocycles. The Kier molecular flexibility index (Phi) is 5.41. The molecule has 1 amide bonds. The van der Waals surface area contributed by atoms with Crippen molar-refractivity contribution in [3.63, 3.8) is 0 Å². The van der Waals surface area contributed by atoms with E-state index < -0.39 is 17.6 Å². The Hall–Kier alpha value is -3.40. The Labute approximate surface area is 190 Å². The van der Waals surface area contributed by atoms with E-state index >= 15 is 0 Å². The van der Waals surface area contributed by atoms with Crippen LogP contribution < -0.4 is 5.32 Å². The molecule has 1 unspecified atom stereocenters. The van der Waals surface area contributed by atoms with Gasteiger partial charge in [-0.05, 0) is 33.8 Å². The highest BCUT2D eigenvalue weighted by Gasteiger charge is 2.36. The molecule has 4 heterocycles. The van der Waals surface area contributed by atoms with Gasteiger partial charge in [0.1, 0.15) is 17.5 Å². The normalized spacial score (nSPS) is 14.4. The molecule has 4 rings (SSSR count). The van der Waals surface area contributed by atoms with E-state index in [4.69, 9.17) is 16.3 Å². The number of nitrogens with one attached hydrogen (secondary N) is 1. The maximum absolute atomic E-state index is 12.9. The van der Waals surface area contributed by atoms with Crippen molar-refractivity contribution in [1.29, 1.82) is 0 Å². The Balaban J connectivity index is 1.55. The van der Waals surface area contributed by atoms with Crippen molar-refractivity contribution >= 4 is 35.4 Å². The fourth-order valence-electron chi connectivity index (χ4n) is 3.38. The van der Waals surface area contributed by atoms with Crippen LogP contribution in [-0.4, -0.2) is 52.9 Å². The monoisotopic (exact) mass is 457 g/mol. The summed E-state index contributed by atoms with van der Waals surface area (Å²) in [6.45, 7) is 7.32. The highest BCUT2D eigenvalue weighted by Crippen LogP contribution is 2.32. The van der Waals surface area contributed by atoms with Gasteiger partial charge in [-0.1, -0.05) is 11.6 Å². The first-order valence-electron chi connectivity index (χ1n) is 10.1. The van der Waals surface area contributed by atoms with E-state index in [1.807, 2.05) is 6.07 Å². The predicted octanol–water partition coefficient (Wildman–Crippen LogP) is 3.59. The largest absolute Gasteiger partial charge is 0.458 e. The Morgan fingerprint density at radius 1 is 1.34 bits per heavy atom. The molecule has 1 aliphatic rings. The number of fused-ring (bicyclic) bond motifs is 1. The fourth-order valence-corrected chi connectivity index (χ4v) is 3.58. The number of anilines is 2. The summed E-state index contributed by atoms with van der Waals surface area (Å²) in [5, 5.41) is 7.54. The van der Waals surface area contributed by atoms with E-state index in [1.54, 1.807) is 57.9 Å². The molecule has 1 N–H and O–H groups in total. The Bertz CT molecular complexity index is 1190. The molecule has 1 atom stereocenters. The van der Waals surface area contributed by atoms with Gasteiger partial charge in [-0.25, -0.2) is 19.6 Å². The van der Waals surface area contributed by atoms with E-state index in [0.717, 1.165) is 11.5 Å². The van der Waals surface area contributed by atoms with Gasteiger partial charge in [-0.2, -0.15) is 5.10 Å². The van der Waals surface area contributed by atoms with E-state index in [0.29, 0.717) is 22.2 Å². The predicted molar refractivity (Wildman–Crippen MR) is 119 cm³/mol. The third kappa shape index (κ3) is 4.18. The zero-order valence-corrected chi connectivity index (χ0v) is 19.2. The number of rotatable bonds is 5. The standard InChI is InChI=1S/C21H24ClN7O3/c1-12(18(30)32-21(2,3)4)28-11-14-8-13(10-29(14)20(28)31)17-15(22)9-23-19(26-17)25-16-6-7-24-27(16)5/h6-10,12H,11H2,1-5H3,(H,23,25,26). The summed E-state index contributed by atoms with van der Waals surface area (Å²) in [5.74, 6) is 0.631. The van der Waals surface area contributed by atoms with Crippen molar-refractivity contribution in [2.75, 3.05) is 5.32 Å². The quantitative estimate of drug-likeness (QED) is 0.583. The molecule has 0 aliphatic carbocycles. The topological polar surface area (TPSA) is 107 Å². The second-order valence-electron chi connectivity index (χ2n) is 8.57. The fraction of sp³-hybridized carbons (Fsp3) is 0.381. The van der Waals surface area contributed by atoms with Gasteiger partial charge in [0.15, 0.2) is 0 Å². The number of aryl methyl sites for hydroxylation is 1. The Morgan fingerprint density at radius 2 is 2.09 bits per heavy atom. The molecule has 0 spiro atoms. The number of halogens is 1. The Morgan fingerprint density at radius 3 is 2.72 bits per heavy atom. The highest BCUT2D eigenvalue weighted by atomic mass is 35.5. The van der Waals surface area contributed by atoms with E-state index in [-0.39, 0.29) is 12.6 Å². The zero-order valence-electron chi connectivity index (χ0n) is 18.5. The number of carbonyl (C=O) groups excluding carboxylic acids is 2. The summed E-state index contributed by atoms with van der Waals surface area (Å²) in [5.41, 5.74) is 1.28. The van der Waals surface area contributed by atoms with Crippen LogP contribution >= 0.6 is 11.6 Å². The van der Waals surface area contributed by atoms with Crippen molar-refractivity contribution in [2.45, 2.75) is 45.9 Å². The van der Waals surface area contributed by atoms with Gasteiger partial charge >= 0.3 is 12.0 Å². The molecule has 0 fully saturated rings. The minimum Gasteiger partial charge on any atom is -0.458 e. The van der Waals surface area contributed by atoms with Gasteiger partial charge < -0.3 is 15.0 Å². The lowest BCUT2D eigenvalue weighted by Gasteiger charge is -2.26. The van der Waals surface area contributed by atoms with E-state index in [1.165, 1.54) is 15.7 Å². The molecular formula is C21H24ClN7O3. The summed E-state index contributed by atoms with van der Waals surface area (Å²) in [7, 11) is 1.80. The minimum absolute atomic E-state index is 0.280. The minimum atomic E-state index is -0.706. The van der Waals surface area contributed by atoms with Crippen LogP contribution in [0.15, 0.2) is 30.7 Å². The van der Waals surface area contributed by atoms with Crippen LogP contribution in [0.3, 0.4) is 0 Å². The molecule has 3 aromatic rings. The second kappa shape index (κ2) is 7.94. The summed E-state index contributed by atoms with van der Waals surface area (Å²) in [6, 6.07) is 2.62. The molecule has 11 heteroatoms. The number of hydrogen-bond donors (Lipinski definition) is 1. The van der Waals surface area contributed by atoms with Crippen LogP contribution in [0.4, 0.5) is 16.6 Å². The van der Waals surface area contributed by atoms with Crippen LogP contribution in [0.2, 0.25) is 5.02 Å². The summed E-state index contributed by atoms with van der Waals surface area (Å²) >= 11 is 6.35. The molecule has 0 bridgehead atoms. The van der Waals surface area contributed by atoms with Crippen LogP contribution in [0.5, 0.6) is 0 Å². The van der Waals surface area contributed by atoms with E-state index in [9.17, 15) is 9.59 Å². The smallest absolute Gasteiger partial charge is 0.329 e. The van der Waals surface area contributed by atoms with Crippen LogP contribution in [0.1, 0.15) is 33.4 Å². The van der Waals surface area contributed by atoms with Gasteiger partial charge in [0.25, 0.3) is 0 Å². The lowest BCUT2D eigenvalue weighted by Crippen LogP contribution is -2.43. The molecule has 0 aromatic carbocycles. The summed E-state index contributed by atoms with van der Waals surface area (Å²) in [4.78, 5) is 35.6. The van der Waals surface area contributed by atoms with Gasteiger partial charge in [0.05, 0.1) is 29.7 Å². The van der Waals surface area contributed by atoms with Crippen molar-refractivity contribution < 1.29 is 14.3 Å². The number of nitrogens with zero attached hydrogens (tertiary/aromatic N) is 6. The molecule has 3 aromatic heterocycles. The van der Waals surface area contributed by atoms with Gasteiger partial charge in [-0.3, -0.25) is 9.25 Å². The first-order chi connectivity index (χ1) is 15.0. The number of amides is 1. The first kappa shape index (κ1) is 21.8. The van der Waals surface area contributed by atoms with Gasteiger partial charge in [-0.15, -0.1) is 0 Å². The average Bonchev–Trinajstić information content (AvgIpc) is 3.38. The highest BCUT2D eigenvalue weighted by molar-refractivity contribution is 6.32. The lowest BCUT2D eigenvalue weighted by atomic mass is 10.2. The van der Waals surface area contributed by atoms with Crippen molar-refractivity contribution in [3.05, 3.63) is 41.4 Å². The van der Waals surface area contributed by atoms with Crippen molar-refractivity contribution in [3.8, 4) is 11.3 Å². The molecule has 32 heavy (non-hydrogen) atoms. The summed E-state index contributed by atoms with van der Waals surface area (Å²) in [6.07, 6.45) is 4.83. The molecule has 0 radical (unpaired) electrons. The maximum Gasteiger partial charge on any atom is 0.329 e. The molecule has 1 aliphatic heterocycles.